The van der Waals surface area contributed by atoms with E-state index in [-0.39, 0.29) is 64.0 Å². The molecule has 6 N–H and O–H groups in total. The number of nitrogens with zero attached hydrogens (tertiary/aromatic N) is 1. The van der Waals surface area contributed by atoms with Gasteiger partial charge in [-0.3, -0.25) is 19.3 Å². The number of carbonyl (C=O) groups is 4. The van der Waals surface area contributed by atoms with E-state index in [1.54, 1.807) is 0 Å². The Labute approximate surface area is 302 Å². The van der Waals surface area contributed by atoms with Crippen LogP contribution in [0.3, 0.4) is 0 Å². The number of ether oxygens (including phenoxy) is 1. The molecule has 1 unspecified atom stereocenters. The van der Waals surface area contributed by atoms with Gasteiger partial charge >= 0.3 is 5.97 Å². The summed E-state index contributed by atoms with van der Waals surface area (Å²) >= 11 is 1.35. The van der Waals surface area contributed by atoms with Gasteiger partial charge in [0.2, 0.25) is 11.8 Å². The Morgan fingerprint density at radius 2 is 1.69 bits per heavy atom. The van der Waals surface area contributed by atoms with Crippen molar-refractivity contribution in [1.82, 2.24) is 10.2 Å². The van der Waals surface area contributed by atoms with Gasteiger partial charge in [-0.2, -0.15) is 0 Å². The van der Waals surface area contributed by atoms with Gasteiger partial charge in [0.25, 0.3) is 5.91 Å². The molecule has 3 aromatic rings. The highest BCUT2D eigenvalue weighted by atomic mass is 32.2. The first kappa shape index (κ1) is 38.4. The van der Waals surface area contributed by atoms with E-state index in [2.05, 4.69) is 11.9 Å². The molecule has 0 spiro atoms. The van der Waals surface area contributed by atoms with E-state index in [0.717, 1.165) is 18.2 Å². The zero-order valence-electron chi connectivity index (χ0n) is 27.2. The van der Waals surface area contributed by atoms with Crippen molar-refractivity contribution in [2.75, 3.05) is 31.1 Å². The lowest BCUT2D eigenvalue weighted by atomic mass is 9.88. The van der Waals surface area contributed by atoms with Crippen LogP contribution in [0.5, 0.6) is 11.5 Å². The number of nitrogen functional groups attached to an aromatic ring is 1. The summed E-state index contributed by atoms with van der Waals surface area (Å²) in [5.41, 5.74) is 9.73. The number of anilines is 1. The van der Waals surface area contributed by atoms with Gasteiger partial charge < -0.3 is 35.7 Å². The van der Waals surface area contributed by atoms with Crippen LogP contribution in [0.4, 0.5) is 5.69 Å². The van der Waals surface area contributed by atoms with Crippen molar-refractivity contribution in [1.29, 1.82) is 0 Å². The predicted octanol–water partition coefficient (Wildman–Crippen LogP) is 0.258. The second kappa shape index (κ2) is 15.1. The number of likely N-dealkylation sites (tertiary alicyclic amines) is 1. The molecule has 1 fully saturated rings. The molecule has 0 bridgehead atoms. The van der Waals surface area contributed by atoms with Crippen molar-refractivity contribution < 1.29 is 55.0 Å². The van der Waals surface area contributed by atoms with E-state index in [1.807, 2.05) is 0 Å². The number of nitrogens with two attached hydrogens (primary N) is 2. The topological polar surface area (TPSA) is 279 Å². The number of nitrogens with one attached hydrogen (secondary N) is 1. The molecular weight excluding hydrogens is 741 g/mol. The van der Waals surface area contributed by atoms with Crippen molar-refractivity contribution in [3.05, 3.63) is 75.2 Å². The monoisotopic (exact) mass is 772 g/mol. The minimum atomic E-state index is -5.40. The summed E-state index contributed by atoms with van der Waals surface area (Å²) in [5, 5.41) is 11.9. The molecule has 0 aliphatic carbocycles. The normalized spacial score (nSPS) is 15.6. The number of carboxylic acids is 1. The standard InChI is InChI=1S/C33H34N4O12S3/c1-17-5-7-20-26(21-9-10-23(35)30(52(46,47)48)28(21)49-27(20)29(17)51(43,44)45)22-15-18(6-8-19(22)33(41)42)31(39)36-12-3-2-4-13-37-25(38)16-24(32(37)40)50-14-11-34/h5-10,15,24H,1-4,11-14,16,34-35H2,(H,36,39)(H,41,42)(H,43,44,45)(H,46,47,48)/p-2. The Morgan fingerprint density at radius 1 is 0.981 bits per heavy atom. The van der Waals surface area contributed by atoms with E-state index in [9.17, 15) is 50.2 Å². The van der Waals surface area contributed by atoms with Gasteiger partial charge in [-0.15, -0.1) is 11.8 Å². The summed E-state index contributed by atoms with van der Waals surface area (Å²) in [6.45, 7) is 4.36. The second-order valence-corrected chi connectivity index (χ2v) is 15.7. The Balaban J connectivity index is 1.47. The fraction of sp³-hybridized carbons (Fsp3) is 0.273. The van der Waals surface area contributed by atoms with E-state index < -0.39 is 69.9 Å². The predicted molar refractivity (Wildman–Crippen MR) is 186 cm³/mol. The van der Waals surface area contributed by atoms with Crippen LogP contribution >= 0.6 is 11.8 Å². The van der Waals surface area contributed by atoms with E-state index >= 15 is 0 Å². The van der Waals surface area contributed by atoms with Crippen LogP contribution in [0.2, 0.25) is 0 Å². The van der Waals surface area contributed by atoms with Crippen molar-refractivity contribution >= 4 is 73.5 Å². The molecule has 2 heterocycles. The molecule has 276 valence electrons. The lowest BCUT2D eigenvalue weighted by Gasteiger charge is -2.27. The molecule has 52 heavy (non-hydrogen) atoms. The fourth-order valence-electron chi connectivity index (χ4n) is 6.03. The summed E-state index contributed by atoms with van der Waals surface area (Å²) in [5.74, 6) is -3.49. The van der Waals surface area contributed by atoms with Crippen molar-refractivity contribution in [2.24, 2.45) is 5.73 Å². The zero-order valence-corrected chi connectivity index (χ0v) is 29.7. The number of amides is 3. The number of carbonyl (C=O) groups excluding carboxylic acids is 3. The van der Waals surface area contributed by atoms with Crippen molar-refractivity contribution in [2.45, 2.75) is 40.7 Å². The van der Waals surface area contributed by atoms with Gasteiger partial charge in [-0.05, 0) is 66.4 Å². The minimum absolute atomic E-state index is 0.0473. The van der Waals surface area contributed by atoms with Gasteiger partial charge in [-0.25, -0.2) is 21.6 Å². The lowest BCUT2D eigenvalue weighted by molar-refractivity contribution is -0.138. The molecule has 19 heteroatoms. The molecule has 1 atom stereocenters. The number of imide groups is 1. The molecular formula is C33H32N4O12S3-2. The quantitative estimate of drug-likeness (QED) is 0.0579. The van der Waals surface area contributed by atoms with Crippen molar-refractivity contribution in [3.8, 4) is 11.5 Å². The van der Waals surface area contributed by atoms with Gasteiger partial charge in [0.15, 0.2) is 11.5 Å². The third kappa shape index (κ3) is 7.69. The van der Waals surface area contributed by atoms with Gasteiger partial charge in [0.05, 0.1) is 16.5 Å². The Hall–Kier alpha value is -4.79. The molecule has 3 aromatic carbocycles. The van der Waals surface area contributed by atoms with E-state index in [1.165, 1.54) is 40.9 Å². The third-order valence-corrected chi connectivity index (χ3v) is 11.5. The number of carboxylic acid groups (broad SMARTS) is 1. The molecule has 2 aliphatic rings. The van der Waals surface area contributed by atoms with Gasteiger partial charge in [0, 0.05) is 53.7 Å². The maximum atomic E-state index is 13.3. The number of hydrogen-bond donors (Lipinski definition) is 4. The van der Waals surface area contributed by atoms with Crippen LogP contribution in [0.1, 0.15) is 57.5 Å². The molecule has 0 saturated carbocycles. The highest BCUT2D eigenvalue weighted by Gasteiger charge is 2.38. The summed E-state index contributed by atoms with van der Waals surface area (Å²) in [6, 6.07) is 8.24. The number of hydrogen-bond acceptors (Lipinski definition) is 14. The Morgan fingerprint density at radius 3 is 2.35 bits per heavy atom. The highest BCUT2D eigenvalue weighted by Crippen LogP contribution is 2.44. The largest absolute Gasteiger partial charge is 0.744 e. The molecule has 2 aliphatic heterocycles. The number of benzene rings is 3. The molecule has 1 saturated heterocycles. The van der Waals surface area contributed by atoms with Crippen LogP contribution in [0.15, 0.2) is 52.3 Å². The van der Waals surface area contributed by atoms with Gasteiger partial charge in [0.1, 0.15) is 30.0 Å². The summed E-state index contributed by atoms with van der Waals surface area (Å²) < 4.78 is 79.9. The number of fused-ring (bicyclic) bond motifs is 2. The van der Waals surface area contributed by atoms with E-state index in [0.29, 0.717) is 31.6 Å². The van der Waals surface area contributed by atoms with Crippen LogP contribution < -0.4 is 32.0 Å². The average molecular weight is 773 g/mol. The second-order valence-electron chi connectivity index (χ2n) is 11.8. The van der Waals surface area contributed by atoms with Crippen LogP contribution in [0, 0.1) is 0 Å². The molecule has 0 aromatic heterocycles. The van der Waals surface area contributed by atoms with E-state index in [4.69, 9.17) is 16.2 Å². The zero-order chi connectivity index (χ0) is 38.1. The molecule has 3 amide bonds. The van der Waals surface area contributed by atoms with Crippen LogP contribution in [-0.2, 0) is 29.8 Å². The molecule has 5 rings (SSSR count). The number of aromatic carboxylic acids is 1. The smallest absolute Gasteiger partial charge is 0.336 e. The van der Waals surface area contributed by atoms with Crippen molar-refractivity contribution in [3.63, 3.8) is 0 Å². The Kier molecular flexibility index (Phi) is 11.1. The SMILES string of the molecule is C=c1ccc2c(c1S(=O)(=O)[O-])Oc1c(ccc(N)c1S(=O)(=O)[O-])C=2c1cc(C(=O)NCCCCCN2C(=O)CC(SCCN)C2=O)ccc1C(=O)O. The summed E-state index contributed by atoms with van der Waals surface area (Å²) in [6.07, 6.45) is 1.66. The summed E-state index contributed by atoms with van der Waals surface area (Å²) in [7, 11) is -10.8. The fourth-order valence-corrected chi connectivity index (χ4v) is 8.48. The third-order valence-electron chi connectivity index (χ3n) is 8.34. The maximum Gasteiger partial charge on any atom is 0.336 e. The number of unbranched alkanes of at least 4 members (excludes halogenated alkanes) is 2. The Bertz CT molecular complexity index is 2350. The first-order valence-corrected chi connectivity index (χ1v) is 19.5. The number of rotatable bonds is 14. The number of thioether (sulfide) groups is 1. The summed E-state index contributed by atoms with van der Waals surface area (Å²) in [4.78, 5) is 49.8. The van der Waals surface area contributed by atoms with Crippen LogP contribution in [0.25, 0.3) is 12.2 Å². The molecule has 16 nitrogen and oxygen atoms in total. The lowest BCUT2D eigenvalue weighted by Crippen LogP contribution is -2.32. The van der Waals surface area contributed by atoms with Gasteiger partial charge in [-0.1, -0.05) is 12.6 Å². The highest BCUT2D eigenvalue weighted by molar-refractivity contribution is 8.00. The first-order valence-electron chi connectivity index (χ1n) is 15.7. The molecule has 0 radical (unpaired) electrons. The minimum Gasteiger partial charge on any atom is -0.744 e. The van der Waals surface area contributed by atoms with Crippen LogP contribution in [-0.4, -0.2) is 90.3 Å². The maximum absolute atomic E-state index is 13.3. The first-order chi connectivity index (χ1) is 24.4. The average Bonchev–Trinajstić information content (AvgIpc) is 3.33.